The van der Waals surface area contributed by atoms with E-state index in [1.54, 1.807) is 12.5 Å². The topological polar surface area (TPSA) is 36.3 Å². The first-order valence-electron chi connectivity index (χ1n) is 4.64. The number of aromatic nitrogens is 2. The second kappa shape index (κ2) is 4.77. The fourth-order valence-corrected chi connectivity index (χ4v) is 1.71. The highest BCUT2D eigenvalue weighted by atomic mass is 35.5. The van der Waals surface area contributed by atoms with E-state index >= 15 is 0 Å². The molecule has 0 aliphatic carbocycles. The SMILES string of the molecule is ClCc1cncn1CC1COCCO1. The Labute approximate surface area is 87.8 Å². The number of alkyl halides is 1. The maximum Gasteiger partial charge on any atom is 0.0988 e. The van der Waals surface area contributed by atoms with Crippen molar-refractivity contribution in [2.45, 2.75) is 18.5 Å². The van der Waals surface area contributed by atoms with Crippen molar-refractivity contribution in [1.82, 2.24) is 9.55 Å². The lowest BCUT2D eigenvalue weighted by molar-refractivity contribution is -0.0937. The zero-order valence-corrected chi connectivity index (χ0v) is 8.61. The third-order valence-corrected chi connectivity index (χ3v) is 2.49. The number of rotatable bonds is 3. The molecule has 0 bridgehead atoms. The number of imidazole rings is 1. The van der Waals surface area contributed by atoms with Gasteiger partial charge in [0.15, 0.2) is 0 Å². The Kier molecular flexibility index (Phi) is 3.39. The summed E-state index contributed by atoms with van der Waals surface area (Å²) in [4.78, 5) is 4.04. The minimum absolute atomic E-state index is 0.125. The summed E-state index contributed by atoms with van der Waals surface area (Å²) in [5.74, 6) is 0.480. The molecule has 0 N–H and O–H groups in total. The quantitative estimate of drug-likeness (QED) is 0.709. The average molecular weight is 217 g/mol. The van der Waals surface area contributed by atoms with Gasteiger partial charge in [-0.15, -0.1) is 11.6 Å². The van der Waals surface area contributed by atoms with E-state index in [1.165, 1.54) is 0 Å². The second-order valence-corrected chi connectivity index (χ2v) is 3.51. The molecule has 14 heavy (non-hydrogen) atoms. The first-order valence-corrected chi connectivity index (χ1v) is 5.18. The van der Waals surface area contributed by atoms with Crippen molar-refractivity contribution in [2.75, 3.05) is 19.8 Å². The van der Waals surface area contributed by atoms with E-state index in [9.17, 15) is 0 Å². The molecule has 0 amide bonds. The van der Waals surface area contributed by atoms with Crippen molar-refractivity contribution in [3.63, 3.8) is 0 Å². The van der Waals surface area contributed by atoms with Crippen LogP contribution in [0.2, 0.25) is 0 Å². The number of hydrogen-bond donors (Lipinski definition) is 0. The monoisotopic (exact) mass is 216 g/mol. The number of ether oxygens (including phenoxy) is 2. The molecule has 4 nitrogen and oxygen atoms in total. The van der Waals surface area contributed by atoms with E-state index in [0.29, 0.717) is 25.7 Å². The van der Waals surface area contributed by atoms with Crippen LogP contribution in [-0.2, 0) is 21.9 Å². The Balaban J connectivity index is 1.95. The van der Waals surface area contributed by atoms with Crippen LogP contribution >= 0.6 is 11.6 Å². The predicted octanol–water partition coefficient (Wildman–Crippen LogP) is 1.04. The lowest BCUT2D eigenvalue weighted by Gasteiger charge is -2.23. The van der Waals surface area contributed by atoms with Gasteiger partial charge in [0, 0.05) is 6.20 Å². The molecule has 1 aromatic heterocycles. The minimum Gasteiger partial charge on any atom is -0.376 e. The van der Waals surface area contributed by atoms with Crippen molar-refractivity contribution in [1.29, 1.82) is 0 Å². The molecular weight excluding hydrogens is 204 g/mol. The van der Waals surface area contributed by atoms with Gasteiger partial charge in [0.25, 0.3) is 0 Å². The molecule has 1 saturated heterocycles. The normalized spacial score (nSPS) is 22.5. The van der Waals surface area contributed by atoms with Crippen LogP contribution in [0.25, 0.3) is 0 Å². The lowest BCUT2D eigenvalue weighted by atomic mass is 10.3. The van der Waals surface area contributed by atoms with Crippen LogP contribution in [0.15, 0.2) is 12.5 Å². The second-order valence-electron chi connectivity index (χ2n) is 3.24. The van der Waals surface area contributed by atoms with Crippen molar-refractivity contribution in [2.24, 2.45) is 0 Å². The van der Waals surface area contributed by atoms with Crippen molar-refractivity contribution in [3.8, 4) is 0 Å². The van der Waals surface area contributed by atoms with Crippen LogP contribution in [0.3, 0.4) is 0 Å². The van der Waals surface area contributed by atoms with Gasteiger partial charge in [0.1, 0.15) is 0 Å². The summed E-state index contributed by atoms with van der Waals surface area (Å²) in [6, 6.07) is 0. The maximum absolute atomic E-state index is 5.76. The highest BCUT2D eigenvalue weighted by Gasteiger charge is 2.15. The van der Waals surface area contributed by atoms with E-state index < -0.39 is 0 Å². The van der Waals surface area contributed by atoms with Gasteiger partial charge >= 0.3 is 0 Å². The molecule has 0 saturated carbocycles. The molecule has 78 valence electrons. The minimum atomic E-state index is 0.125. The average Bonchev–Trinajstić information content (AvgIpc) is 2.67. The summed E-state index contributed by atoms with van der Waals surface area (Å²) in [5.41, 5.74) is 1.01. The fourth-order valence-electron chi connectivity index (χ4n) is 1.49. The Morgan fingerprint density at radius 1 is 1.57 bits per heavy atom. The van der Waals surface area contributed by atoms with E-state index in [-0.39, 0.29) is 6.10 Å². The molecule has 1 aliphatic heterocycles. The third-order valence-electron chi connectivity index (χ3n) is 2.22. The van der Waals surface area contributed by atoms with Crippen molar-refractivity contribution in [3.05, 3.63) is 18.2 Å². The van der Waals surface area contributed by atoms with Gasteiger partial charge in [-0.3, -0.25) is 0 Å². The smallest absolute Gasteiger partial charge is 0.0988 e. The molecule has 0 radical (unpaired) electrons. The largest absolute Gasteiger partial charge is 0.376 e. The van der Waals surface area contributed by atoms with Gasteiger partial charge < -0.3 is 14.0 Å². The summed E-state index contributed by atoms with van der Waals surface area (Å²) in [7, 11) is 0. The Morgan fingerprint density at radius 3 is 3.21 bits per heavy atom. The molecule has 2 rings (SSSR count). The zero-order valence-electron chi connectivity index (χ0n) is 7.86. The number of halogens is 1. The first kappa shape index (κ1) is 9.96. The van der Waals surface area contributed by atoms with E-state index in [4.69, 9.17) is 21.1 Å². The van der Waals surface area contributed by atoms with Crippen LogP contribution in [0.1, 0.15) is 5.69 Å². The highest BCUT2D eigenvalue weighted by Crippen LogP contribution is 2.08. The summed E-state index contributed by atoms with van der Waals surface area (Å²) >= 11 is 5.76. The van der Waals surface area contributed by atoms with Gasteiger partial charge in [-0.2, -0.15) is 0 Å². The third kappa shape index (κ3) is 2.26. The molecule has 1 aromatic rings. The lowest BCUT2D eigenvalue weighted by Crippen LogP contribution is -2.32. The van der Waals surface area contributed by atoms with Crippen LogP contribution in [0.4, 0.5) is 0 Å². The standard InChI is InChI=1S/C9H13ClN2O2/c10-3-8-4-11-7-12(8)5-9-6-13-1-2-14-9/h4,7,9H,1-3,5-6H2. The zero-order chi connectivity index (χ0) is 9.80. The highest BCUT2D eigenvalue weighted by molar-refractivity contribution is 6.16. The Hall–Kier alpha value is -0.580. The molecule has 1 fully saturated rings. The van der Waals surface area contributed by atoms with Crippen LogP contribution in [-0.4, -0.2) is 35.5 Å². The van der Waals surface area contributed by atoms with E-state index in [2.05, 4.69) is 4.98 Å². The van der Waals surface area contributed by atoms with E-state index in [0.717, 1.165) is 12.2 Å². The summed E-state index contributed by atoms with van der Waals surface area (Å²) in [6.07, 6.45) is 3.67. The van der Waals surface area contributed by atoms with Crippen molar-refractivity contribution >= 4 is 11.6 Å². The summed E-state index contributed by atoms with van der Waals surface area (Å²) in [5, 5.41) is 0. The van der Waals surface area contributed by atoms with Gasteiger partial charge in [0.05, 0.1) is 50.4 Å². The van der Waals surface area contributed by atoms with Crippen LogP contribution < -0.4 is 0 Å². The Bertz CT molecular complexity index is 284. The van der Waals surface area contributed by atoms with E-state index in [1.807, 2.05) is 4.57 Å². The van der Waals surface area contributed by atoms with Crippen LogP contribution in [0, 0.1) is 0 Å². The van der Waals surface area contributed by atoms with Gasteiger partial charge in [-0.05, 0) is 0 Å². The van der Waals surface area contributed by atoms with Crippen molar-refractivity contribution < 1.29 is 9.47 Å². The summed E-state index contributed by atoms with van der Waals surface area (Å²) in [6.45, 7) is 2.79. The molecular formula is C9H13ClN2O2. The molecule has 1 aliphatic rings. The summed E-state index contributed by atoms with van der Waals surface area (Å²) < 4.78 is 12.9. The number of hydrogen-bond acceptors (Lipinski definition) is 3. The van der Waals surface area contributed by atoms with Crippen LogP contribution in [0.5, 0.6) is 0 Å². The van der Waals surface area contributed by atoms with Gasteiger partial charge in [-0.1, -0.05) is 0 Å². The van der Waals surface area contributed by atoms with Gasteiger partial charge in [-0.25, -0.2) is 4.98 Å². The maximum atomic E-state index is 5.76. The molecule has 5 heteroatoms. The first-order chi connectivity index (χ1) is 6.90. The molecule has 2 heterocycles. The Morgan fingerprint density at radius 2 is 2.50 bits per heavy atom. The molecule has 1 atom stereocenters. The molecule has 0 aromatic carbocycles. The van der Waals surface area contributed by atoms with Gasteiger partial charge in [0.2, 0.25) is 0 Å². The fraction of sp³-hybridized carbons (Fsp3) is 0.667. The predicted molar refractivity (Wildman–Crippen MR) is 52.3 cm³/mol. The molecule has 1 unspecified atom stereocenters. The number of nitrogens with zero attached hydrogens (tertiary/aromatic N) is 2. The molecule has 0 spiro atoms.